The molecule has 1 aromatic heterocycles. The van der Waals surface area contributed by atoms with E-state index in [1.807, 2.05) is 4.90 Å². The van der Waals surface area contributed by atoms with Gasteiger partial charge in [0.1, 0.15) is 11.9 Å². The summed E-state index contributed by atoms with van der Waals surface area (Å²) in [6.07, 6.45) is 2.59. The van der Waals surface area contributed by atoms with E-state index in [9.17, 15) is 10.1 Å². The molecule has 0 aliphatic carbocycles. The van der Waals surface area contributed by atoms with Gasteiger partial charge in [-0.05, 0) is 28.4 Å². The Labute approximate surface area is 121 Å². The molecule has 0 saturated carbocycles. The zero-order chi connectivity index (χ0) is 13.8. The molecule has 100 valence electrons. The van der Waals surface area contributed by atoms with Crippen molar-refractivity contribution in [3.8, 4) is 6.07 Å². The van der Waals surface area contributed by atoms with E-state index in [4.69, 9.17) is 0 Å². The van der Waals surface area contributed by atoms with Gasteiger partial charge in [0.25, 0.3) is 0 Å². The second kappa shape index (κ2) is 6.02. The Morgan fingerprint density at radius 2 is 2.21 bits per heavy atom. The average molecular weight is 323 g/mol. The molecule has 5 nitrogen and oxygen atoms in total. The van der Waals surface area contributed by atoms with Crippen LogP contribution in [0.4, 0.5) is 5.82 Å². The van der Waals surface area contributed by atoms with Crippen LogP contribution in [0.3, 0.4) is 0 Å². The van der Waals surface area contributed by atoms with Gasteiger partial charge >= 0.3 is 0 Å². The Bertz CT molecular complexity index is 526. The molecule has 1 saturated heterocycles. The van der Waals surface area contributed by atoms with Gasteiger partial charge in [-0.2, -0.15) is 5.26 Å². The van der Waals surface area contributed by atoms with Gasteiger partial charge in [0.05, 0.1) is 5.56 Å². The van der Waals surface area contributed by atoms with Gasteiger partial charge < -0.3 is 9.80 Å². The van der Waals surface area contributed by atoms with Crippen LogP contribution < -0.4 is 4.90 Å². The molecular weight excluding hydrogens is 308 g/mol. The van der Waals surface area contributed by atoms with Crippen molar-refractivity contribution < 1.29 is 4.79 Å². The number of anilines is 1. The maximum Gasteiger partial charge on any atom is 0.219 e. The lowest BCUT2D eigenvalue weighted by atomic mass is 10.2. The van der Waals surface area contributed by atoms with Crippen molar-refractivity contribution in [2.45, 2.75) is 13.3 Å². The molecule has 1 aromatic rings. The van der Waals surface area contributed by atoms with E-state index in [1.165, 1.54) is 0 Å². The summed E-state index contributed by atoms with van der Waals surface area (Å²) in [5, 5.41) is 9.18. The summed E-state index contributed by atoms with van der Waals surface area (Å²) in [4.78, 5) is 19.6. The molecule has 1 fully saturated rings. The highest BCUT2D eigenvalue weighted by Gasteiger charge is 2.19. The smallest absolute Gasteiger partial charge is 0.219 e. The van der Waals surface area contributed by atoms with Crippen molar-refractivity contribution in [3.63, 3.8) is 0 Å². The predicted molar refractivity (Wildman–Crippen MR) is 75.7 cm³/mol. The van der Waals surface area contributed by atoms with E-state index in [-0.39, 0.29) is 5.91 Å². The minimum atomic E-state index is 0.103. The van der Waals surface area contributed by atoms with Gasteiger partial charge in [0, 0.05) is 43.8 Å². The van der Waals surface area contributed by atoms with Gasteiger partial charge in [-0.15, -0.1) is 0 Å². The highest BCUT2D eigenvalue weighted by Crippen LogP contribution is 2.22. The number of hydrogen-bond donors (Lipinski definition) is 0. The van der Waals surface area contributed by atoms with Crippen molar-refractivity contribution in [3.05, 3.63) is 22.3 Å². The van der Waals surface area contributed by atoms with Crippen molar-refractivity contribution >= 4 is 27.7 Å². The van der Waals surface area contributed by atoms with Crippen molar-refractivity contribution in [2.75, 3.05) is 31.1 Å². The van der Waals surface area contributed by atoms with Gasteiger partial charge in [-0.25, -0.2) is 4.98 Å². The fourth-order valence-corrected chi connectivity index (χ4v) is 2.54. The minimum absolute atomic E-state index is 0.103. The van der Waals surface area contributed by atoms with Crippen molar-refractivity contribution in [1.82, 2.24) is 9.88 Å². The Kier molecular flexibility index (Phi) is 4.38. The molecule has 0 radical (unpaired) electrons. The summed E-state index contributed by atoms with van der Waals surface area (Å²) in [6.45, 7) is 4.56. The summed E-state index contributed by atoms with van der Waals surface area (Å²) < 4.78 is 0.799. The molecule has 0 aromatic carbocycles. The molecule has 0 bridgehead atoms. The summed E-state index contributed by atoms with van der Waals surface area (Å²) in [7, 11) is 0. The molecule has 6 heteroatoms. The third-order valence-corrected chi connectivity index (χ3v) is 3.63. The Hall–Kier alpha value is -1.61. The average Bonchev–Trinajstić information content (AvgIpc) is 2.64. The molecule has 1 aliphatic rings. The van der Waals surface area contributed by atoms with E-state index in [1.54, 1.807) is 19.2 Å². The zero-order valence-corrected chi connectivity index (χ0v) is 12.4. The van der Waals surface area contributed by atoms with Gasteiger partial charge in [-0.3, -0.25) is 4.79 Å². The summed E-state index contributed by atoms with van der Waals surface area (Å²) in [5.41, 5.74) is 0.561. The van der Waals surface area contributed by atoms with Crippen LogP contribution in [-0.2, 0) is 4.79 Å². The minimum Gasteiger partial charge on any atom is -0.354 e. The maximum atomic E-state index is 11.4. The van der Waals surface area contributed by atoms with Gasteiger partial charge in [-0.1, -0.05) is 0 Å². The number of pyridine rings is 1. The summed E-state index contributed by atoms with van der Waals surface area (Å²) >= 11 is 3.32. The van der Waals surface area contributed by atoms with E-state index >= 15 is 0 Å². The van der Waals surface area contributed by atoms with Crippen molar-refractivity contribution in [2.24, 2.45) is 0 Å². The molecule has 1 aliphatic heterocycles. The lowest BCUT2D eigenvalue weighted by Gasteiger charge is -2.23. The molecule has 19 heavy (non-hydrogen) atoms. The van der Waals surface area contributed by atoms with Crippen LogP contribution in [-0.4, -0.2) is 42.0 Å². The van der Waals surface area contributed by atoms with Crippen LogP contribution in [0.1, 0.15) is 18.9 Å². The molecule has 0 atom stereocenters. The Morgan fingerprint density at radius 3 is 2.89 bits per heavy atom. The summed E-state index contributed by atoms with van der Waals surface area (Å²) in [6, 6.07) is 3.95. The third-order valence-electron chi connectivity index (χ3n) is 3.19. The van der Waals surface area contributed by atoms with Crippen LogP contribution in [0, 0.1) is 11.3 Å². The topological polar surface area (TPSA) is 60.2 Å². The number of halogens is 1. The second-order valence-corrected chi connectivity index (χ2v) is 5.40. The Morgan fingerprint density at radius 1 is 1.42 bits per heavy atom. The van der Waals surface area contributed by atoms with Crippen LogP contribution in [0.25, 0.3) is 0 Å². The van der Waals surface area contributed by atoms with E-state index < -0.39 is 0 Å². The molecule has 1 amide bonds. The van der Waals surface area contributed by atoms with E-state index in [0.717, 1.165) is 24.0 Å². The number of carbonyl (C=O) groups is 1. The first kappa shape index (κ1) is 13.8. The van der Waals surface area contributed by atoms with Gasteiger partial charge in [0.15, 0.2) is 0 Å². The highest BCUT2D eigenvalue weighted by molar-refractivity contribution is 9.10. The SMILES string of the molecule is CC(=O)N1CCCN(c2ncc(Br)cc2C#N)CC1. The number of hydrogen-bond acceptors (Lipinski definition) is 4. The number of amides is 1. The second-order valence-electron chi connectivity index (χ2n) is 4.48. The first-order valence-electron chi connectivity index (χ1n) is 6.18. The molecule has 2 rings (SSSR count). The molecule has 0 unspecified atom stereocenters. The van der Waals surface area contributed by atoms with Crippen LogP contribution in [0.2, 0.25) is 0 Å². The fraction of sp³-hybridized carbons (Fsp3) is 0.462. The number of nitrogens with zero attached hydrogens (tertiary/aromatic N) is 4. The molecular formula is C13H15BrN4O. The van der Waals surface area contributed by atoms with Crippen molar-refractivity contribution in [1.29, 1.82) is 5.26 Å². The standard InChI is InChI=1S/C13H15BrN4O/c1-10(19)17-3-2-4-18(6-5-17)13-11(8-15)7-12(14)9-16-13/h7,9H,2-6H2,1H3. The first-order valence-corrected chi connectivity index (χ1v) is 6.97. The quantitative estimate of drug-likeness (QED) is 0.790. The largest absolute Gasteiger partial charge is 0.354 e. The predicted octanol–water partition coefficient (Wildman–Crippen LogP) is 1.77. The number of nitriles is 1. The maximum absolute atomic E-state index is 11.4. The van der Waals surface area contributed by atoms with Crippen LogP contribution in [0.15, 0.2) is 16.7 Å². The third kappa shape index (κ3) is 3.24. The monoisotopic (exact) mass is 322 g/mol. The van der Waals surface area contributed by atoms with E-state index in [0.29, 0.717) is 24.5 Å². The molecule has 0 N–H and O–H groups in total. The van der Waals surface area contributed by atoms with Gasteiger partial charge in [0.2, 0.25) is 5.91 Å². The molecule has 2 heterocycles. The van der Waals surface area contributed by atoms with E-state index in [2.05, 4.69) is 31.9 Å². The lowest BCUT2D eigenvalue weighted by Crippen LogP contribution is -2.34. The number of rotatable bonds is 1. The molecule has 0 spiro atoms. The van der Waals surface area contributed by atoms with Crippen LogP contribution in [0.5, 0.6) is 0 Å². The highest BCUT2D eigenvalue weighted by atomic mass is 79.9. The number of aromatic nitrogens is 1. The summed E-state index contributed by atoms with van der Waals surface area (Å²) in [5.74, 6) is 0.808. The van der Waals surface area contributed by atoms with Crippen LogP contribution >= 0.6 is 15.9 Å². The number of carbonyl (C=O) groups excluding carboxylic acids is 1. The first-order chi connectivity index (χ1) is 9.11. The normalized spacial score (nSPS) is 15.8. The zero-order valence-electron chi connectivity index (χ0n) is 10.8. The Balaban J connectivity index is 2.19. The fourth-order valence-electron chi connectivity index (χ4n) is 2.21. The lowest BCUT2D eigenvalue weighted by molar-refractivity contribution is -0.128.